The molecule has 0 fully saturated rings. The third kappa shape index (κ3) is 14.5. The van der Waals surface area contributed by atoms with E-state index in [4.69, 9.17) is 31.2 Å². The zero-order valence-electron chi connectivity index (χ0n) is 43.5. The molecule has 1 aliphatic rings. The fourth-order valence-corrected chi connectivity index (χ4v) is 9.79. The molecule has 0 saturated heterocycles. The summed E-state index contributed by atoms with van der Waals surface area (Å²) in [6.45, 7) is 12.9. The second kappa shape index (κ2) is 24.9. The minimum Gasteiger partial charge on any atom is -0.508 e. The number of amides is 2. The Labute approximate surface area is 458 Å². The normalized spacial score (nSPS) is 13.3. The Balaban J connectivity index is 0.00000121. The van der Waals surface area contributed by atoms with Gasteiger partial charge in [-0.2, -0.15) is 26.3 Å². The van der Waals surface area contributed by atoms with Crippen LogP contribution in [-0.2, 0) is 22.7 Å². The predicted molar refractivity (Wildman–Crippen MR) is 284 cm³/mol. The van der Waals surface area contributed by atoms with Gasteiger partial charge in [-0.3, -0.25) is 28.6 Å². The fourth-order valence-electron chi connectivity index (χ4n) is 8.45. The Bertz CT molecular complexity index is 3340. The number of aryl methyl sites for hydroxylation is 2. The zero-order valence-corrected chi connectivity index (χ0v) is 45.1. The number of rotatable bonds is 18. The maximum absolute atomic E-state index is 13.4. The van der Waals surface area contributed by atoms with Crippen LogP contribution in [0.2, 0.25) is 5.02 Å². The highest BCUT2D eigenvalue weighted by molar-refractivity contribution is 7.15. The molecular formula is C54H55ClF6N10O7S. The molecule has 0 aliphatic carbocycles. The van der Waals surface area contributed by atoms with Gasteiger partial charge in [0.05, 0.1) is 24.3 Å². The van der Waals surface area contributed by atoms with Gasteiger partial charge in [-0.1, -0.05) is 68.8 Å². The van der Waals surface area contributed by atoms with Crippen LogP contribution in [0, 0.1) is 20.8 Å². The highest BCUT2D eigenvalue weighted by atomic mass is 35.5. The number of carbonyl (C=O) groups is 3. The Kier molecular flexibility index (Phi) is 18.5. The van der Waals surface area contributed by atoms with Crippen molar-refractivity contribution in [2.24, 2.45) is 4.99 Å². The first-order valence-corrected chi connectivity index (χ1v) is 25.9. The number of aromatic nitrogens is 6. The number of fused-ring (bicyclic) bond motifs is 3. The molecule has 2 amide bonds. The van der Waals surface area contributed by atoms with E-state index in [1.807, 2.05) is 98.2 Å². The Morgan fingerprint density at radius 1 is 0.835 bits per heavy atom. The van der Waals surface area contributed by atoms with Crippen molar-refractivity contribution in [2.75, 3.05) is 26.2 Å². The van der Waals surface area contributed by atoms with Gasteiger partial charge < -0.3 is 30.7 Å². The Hall–Kier alpha value is -7.83. The van der Waals surface area contributed by atoms with Gasteiger partial charge in [0.15, 0.2) is 11.6 Å². The maximum Gasteiger partial charge on any atom is 0.490 e. The lowest BCUT2D eigenvalue weighted by molar-refractivity contribution is -0.192. The first kappa shape index (κ1) is 58.8. The van der Waals surface area contributed by atoms with Crippen molar-refractivity contribution in [3.05, 3.63) is 146 Å². The van der Waals surface area contributed by atoms with E-state index in [0.717, 1.165) is 55.3 Å². The van der Waals surface area contributed by atoms with Gasteiger partial charge in [0, 0.05) is 52.4 Å². The number of carboxylic acids is 1. The molecule has 5 N–H and O–H groups in total. The summed E-state index contributed by atoms with van der Waals surface area (Å²) in [6.07, 6.45) is -9.08. The molecule has 0 unspecified atom stereocenters. The van der Waals surface area contributed by atoms with E-state index in [-0.39, 0.29) is 41.1 Å². The fraction of sp³-hybridized carbons (Fsp3) is 0.333. The number of nitrogens with zero attached hydrogens (tertiary/aromatic N) is 8. The minimum absolute atomic E-state index is 0.000427. The molecule has 79 heavy (non-hydrogen) atoms. The van der Waals surface area contributed by atoms with Crippen molar-refractivity contribution in [3.8, 4) is 39.3 Å². The quantitative estimate of drug-likeness (QED) is 0.0400. The van der Waals surface area contributed by atoms with Crippen LogP contribution in [0.5, 0.6) is 17.2 Å². The molecule has 418 valence electrons. The molecule has 7 aromatic rings. The van der Waals surface area contributed by atoms with Gasteiger partial charge in [0.2, 0.25) is 11.7 Å². The number of alkyl halides is 6. The van der Waals surface area contributed by atoms with Gasteiger partial charge in [-0.25, -0.2) is 4.79 Å². The van der Waals surface area contributed by atoms with Crippen molar-refractivity contribution in [1.82, 2.24) is 45.1 Å². The molecule has 3 aromatic heterocycles. The second-order valence-electron chi connectivity index (χ2n) is 18.6. The van der Waals surface area contributed by atoms with Crippen LogP contribution >= 0.6 is 22.9 Å². The average molecular weight is 1140 g/mol. The minimum atomic E-state index is -5.08. The van der Waals surface area contributed by atoms with Crippen LogP contribution in [0.25, 0.3) is 22.1 Å². The third-order valence-electron chi connectivity index (χ3n) is 12.6. The van der Waals surface area contributed by atoms with Crippen molar-refractivity contribution in [3.63, 3.8) is 0 Å². The summed E-state index contributed by atoms with van der Waals surface area (Å²) < 4.78 is 80.3. The molecule has 25 heteroatoms. The van der Waals surface area contributed by atoms with Gasteiger partial charge in [-0.05, 0) is 104 Å². The monoisotopic (exact) mass is 1140 g/mol. The number of nitrogens with one attached hydrogen (secondary N) is 2. The molecule has 1 aliphatic heterocycles. The van der Waals surface area contributed by atoms with Gasteiger partial charge in [0.25, 0.3) is 5.91 Å². The number of aliphatic imine (C=N–C) groups is 1. The number of halogens is 7. The van der Waals surface area contributed by atoms with Gasteiger partial charge >= 0.3 is 18.3 Å². The number of hydrogen-bond donors (Lipinski definition) is 5. The van der Waals surface area contributed by atoms with E-state index in [1.54, 1.807) is 23.5 Å². The number of carboxylic acid groups (broad SMARTS) is 1. The summed E-state index contributed by atoms with van der Waals surface area (Å²) in [4.78, 5) is 44.0. The molecule has 0 bridgehead atoms. The van der Waals surface area contributed by atoms with Crippen molar-refractivity contribution >= 4 is 46.4 Å². The first-order valence-electron chi connectivity index (χ1n) is 24.7. The largest absolute Gasteiger partial charge is 0.508 e. The highest BCUT2D eigenvalue weighted by Crippen LogP contribution is 2.41. The number of aliphatic carboxylic acids is 1. The molecule has 4 heterocycles. The van der Waals surface area contributed by atoms with E-state index in [1.165, 1.54) is 10.6 Å². The molecule has 0 spiro atoms. The Morgan fingerprint density at radius 2 is 1.47 bits per heavy atom. The average Bonchev–Trinajstić information content (AvgIpc) is 4.29. The Morgan fingerprint density at radius 3 is 2.06 bits per heavy atom. The van der Waals surface area contributed by atoms with Crippen LogP contribution in [0.1, 0.15) is 106 Å². The van der Waals surface area contributed by atoms with Crippen molar-refractivity contribution in [2.45, 2.75) is 91.8 Å². The van der Waals surface area contributed by atoms with E-state index in [2.05, 4.69) is 44.5 Å². The second-order valence-corrected chi connectivity index (χ2v) is 20.3. The summed E-state index contributed by atoms with van der Waals surface area (Å²) >= 11 is 7.91. The molecule has 17 nitrogen and oxygen atoms in total. The van der Waals surface area contributed by atoms with Gasteiger partial charge in [-0.15, -0.1) is 31.7 Å². The topological polar surface area (TPSA) is 222 Å². The van der Waals surface area contributed by atoms with Crippen LogP contribution in [0.3, 0.4) is 0 Å². The number of thiophene rings is 1. The van der Waals surface area contributed by atoms with E-state index >= 15 is 0 Å². The number of phenolic OH excluding ortho intramolecular Hbond substituents is 2. The summed E-state index contributed by atoms with van der Waals surface area (Å²) in [7, 11) is 0. The van der Waals surface area contributed by atoms with Gasteiger partial charge in [0.1, 0.15) is 40.7 Å². The standard InChI is InChI=1S/C52H54ClF3N10O5S.C2HF3O2/c1-7-64(26-33-9-17-37(18-10-33)66-47(40-23-39(29(2)3)42(67)25-43(40)68)61-63-49(66)50(70)58-28-52(54,55)56)27-34-11-19-38(20-12-34)71-22-8-21-57-44(69)24-41-48-62-60-32(6)65(48)51-45(30(4)31(5)72-51)46(59-41)35-13-15-36(53)16-14-35;3-2(4,5)1(6)7/h9-20,23,25,29,41,67-68H,7-8,21-22,24,26-28H2,1-6H3,(H,57,69)(H,58,70);(H,6,7)/t41-;/m0./s1. The first-order chi connectivity index (χ1) is 37.3. The molecule has 4 aromatic carbocycles. The van der Waals surface area contributed by atoms with Crippen LogP contribution in [0.4, 0.5) is 26.3 Å². The number of aromatic hydroxyl groups is 2. The number of benzene rings is 4. The summed E-state index contributed by atoms with van der Waals surface area (Å²) in [5.74, 6) is -3.06. The third-order valence-corrected chi connectivity index (χ3v) is 14.0. The molecule has 8 rings (SSSR count). The van der Waals surface area contributed by atoms with E-state index in [0.29, 0.717) is 67.1 Å². The lowest BCUT2D eigenvalue weighted by Gasteiger charge is -2.21. The number of phenols is 2. The number of ether oxygens (including phenoxy) is 1. The lowest BCUT2D eigenvalue weighted by Crippen LogP contribution is -2.35. The highest BCUT2D eigenvalue weighted by Gasteiger charge is 2.38. The maximum atomic E-state index is 13.4. The molecular weight excluding hydrogens is 1080 g/mol. The summed E-state index contributed by atoms with van der Waals surface area (Å²) in [6, 6.07) is 24.6. The van der Waals surface area contributed by atoms with Crippen molar-refractivity contribution in [1.29, 1.82) is 0 Å². The number of hydrogen-bond acceptors (Lipinski definition) is 13. The molecule has 0 radical (unpaired) electrons. The zero-order chi connectivity index (χ0) is 57.5. The van der Waals surface area contributed by atoms with E-state index in [9.17, 15) is 46.1 Å². The van der Waals surface area contributed by atoms with Crippen molar-refractivity contribution < 1.29 is 60.8 Å². The molecule has 0 saturated carbocycles. The summed E-state index contributed by atoms with van der Waals surface area (Å²) in [5, 5.41) is 51.9. The summed E-state index contributed by atoms with van der Waals surface area (Å²) in [5.41, 5.74) is 6.77. The number of carbonyl (C=O) groups excluding carboxylic acids is 2. The van der Waals surface area contributed by atoms with Crippen LogP contribution in [0.15, 0.2) is 89.9 Å². The van der Waals surface area contributed by atoms with E-state index < -0.39 is 42.6 Å². The smallest absolute Gasteiger partial charge is 0.490 e. The SMILES string of the molecule is CCN(Cc1ccc(OCCCNC(=O)C[C@@H]2N=C(c3ccc(Cl)cc3)c3c(sc(C)c3C)-n3c(C)nnc32)cc1)Cc1ccc(-n2c(C(=O)NCC(F)(F)F)nnc2-c2cc(C(C)C)c(O)cc2O)cc1.O=C(O)C(F)(F)F. The van der Waals surface area contributed by atoms with Crippen LogP contribution in [-0.4, -0.2) is 112 Å². The predicted octanol–water partition coefficient (Wildman–Crippen LogP) is 10.5. The lowest BCUT2D eigenvalue weighted by atomic mass is 9.98. The molecule has 1 atom stereocenters. The van der Waals surface area contributed by atoms with Crippen LogP contribution < -0.4 is 15.4 Å².